The average molecular weight is 306 g/mol. The lowest BCUT2D eigenvalue weighted by Crippen LogP contribution is -2.33. The van der Waals surface area contributed by atoms with E-state index in [2.05, 4.69) is 59.9 Å². The van der Waals surface area contributed by atoms with Gasteiger partial charge in [0, 0.05) is 28.9 Å². The Morgan fingerprint density at radius 1 is 1.25 bits per heavy atom. The molecule has 0 saturated carbocycles. The summed E-state index contributed by atoms with van der Waals surface area (Å²) in [6.07, 6.45) is 2.10. The zero-order chi connectivity index (χ0) is 14.4. The van der Waals surface area contributed by atoms with Crippen LogP contribution in [0.4, 0.5) is 0 Å². The van der Waals surface area contributed by atoms with E-state index in [1.165, 1.54) is 15.3 Å². The Balaban J connectivity index is 2.15. The number of hydrogen-bond acceptors (Lipinski definition) is 4. The summed E-state index contributed by atoms with van der Waals surface area (Å²) in [7, 11) is 0. The Hall–Kier alpha value is -0.810. The number of thioether (sulfide) groups is 1. The van der Waals surface area contributed by atoms with Crippen LogP contribution in [-0.2, 0) is 6.54 Å². The summed E-state index contributed by atoms with van der Waals surface area (Å²) in [5.74, 6) is 0. The third-order valence-electron chi connectivity index (χ3n) is 3.51. The van der Waals surface area contributed by atoms with Gasteiger partial charge in [0.15, 0.2) is 0 Å². The first-order chi connectivity index (χ1) is 9.78. The van der Waals surface area contributed by atoms with Crippen LogP contribution in [-0.4, -0.2) is 24.2 Å². The maximum absolute atomic E-state index is 6.04. The zero-order valence-corrected chi connectivity index (χ0v) is 13.7. The van der Waals surface area contributed by atoms with Crippen molar-refractivity contribution in [3.63, 3.8) is 0 Å². The van der Waals surface area contributed by atoms with Crippen molar-refractivity contribution in [1.82, 2.24) is 4.90 Å². The fraction of sp³-hybridized carbons (Fsp3) is 0.375. The molecule has 1 heterocycles. The van der Waals surface area contributed by atoms with Crippen LogP contribution in [0.25, 0.3) is 0 Å². The van der Waals surface area contributed by atoms with Gasteiger partial charge in [0.2, 0.25) is 0 Å². The highest BCUT2D eigenvalue weighted by Crippen LogP contribution is 2.25. The minimum Gasteiger partial charge on any atom is -0.329 e. The molecule has 4 heteroatoms. The molecule has 0 fully saturated rings. The molecule has 108 valence electrons. The molecular weight excluding hydrogens is 284 g/mol. The lowest BCUT2D eigenvalue weighted by molar-refractivity contribution is 0.205. The molecule has 2 rings (SSSR count). The van der Waals surface area contributed by atoms with E-state index >= 15 is 0 Å². The van der Waals surface area contributed by atoms with Gasteiger partial charge in [0.25, 0.3) is 0 Å². The number of nitrogens with two attached hydrogens (primary N) is 1. The Bertz CT molecular complexity index is 494. The molecule has 0 aliphatic heterocycles. The number of thiophene rings is 1. The predicted molar refractivity (Wildman–Crippen MR) is 90.4 cm³/mol. The van der Waals surface area contributed by atoms with Crippen molar-refractivity contribution in [2.45, 2.75) is 24.4 Å². The van der Waals surface area contributed by atoms with Crippen molar-refractivity contribution in [2.24, 2.45) is 5.73 Å². The second-order valence-corrected chi connectivity index (χ2v) is 6.58. The first-order valence-electron chi connectivity index (χ1n) is 6.89. The third kappa shape index (κ3) is 3.85. The largest absolute Gasteiger partial charge is 0.329 e. The van der Waals surface area contributed by atoms with Crippen LogP contribution in [0, 0.1) is 0 Å². The van der Waals surface area contributed by atoms with Crippen molar-refractivity contribution in [2.75, 3.05) is 19.3 Å². The standard InChI is InChI=1S/C16H22N2S2/c1-3-18(12-15-5-4-10-20-15)16(11-17)13-6-8-14(19-2)9-7-13/h4-10,16H,3,11-12,17H2,1-2H3. The van der Waals surface area contributed by atoms with Gasteiger partial charge in [-0.1, -0.05) is 25.1 Å². The molecule has 2 N–H and O–H groups in total. The van der Waals surface area contributed by atoms with Crippen molar-refractivity contribution < 1.29 is 0 Å². The Kier molecular flexibility index (Phi) is 6.10. The van der Waals surface area contributed by atoms with Crippen molar-refractivity contribution in [3.05, 3.63) is 52.2 Å². The van der Waals surface area contributed by atoms with Crippen LogP contribution in [0.1, 0.15) is 23.4 Å². The third-order valence-corrected chi connectivity index (χ3v) is 5.11. The fourth-order valence-electron chi connectivity index (χ4n) is 2.37. The number of likely N-dealkylation sites (N-methyl/N-ethyl adjacent to an activating group) is 1. The monoisotopic (exact) mass is 306 g/mol. The lowest BCUT2D eigenvalue weighted by Gasteiger charge is -2.30. The zero-order valence-electron chi connectivity index (χ0n) is 12.1. The summed E-state index contributed by atoms with van der Waals surface area (Å²) in [5, 5.41) is 2.13. The average Bonchev–Trinajstić information content (AvgIpc) is 3.00. The summed E-state index contributed by atoms with van der Waals surface area (Å²) >= 11 is 3.58. The minimum atomic E-state index is 0.290. The van der Waals surface area contributed by atoms with Gasteiger partial charge < -0.3 is 5.73 Å². The van der Waals surface area contributed by atoms with Crippen LogP contribution in [0.2, 0.25) is 0 Å². The molecule has 1 aromatic heterocycles. The number of benzene rings is 1. The highest BCUT2D eigenvalue weighted by molar-refractivity contribution is 7.98. The molecule has 2 aromatic rings. The van der Waals surface area contributed by atoms with E-state index in [-0.39, 0.29) is 6.04 Å². The summed E-state index contributed by atoms with van der Waals surface area (Å²) in [4.78, 5) is 5.14. The second kappa shape index (κ2) is 7.84. The Labute approximate surface area is 130 Å². The molecule has 0 saturated heterocycles. The minimum absolute atomic E-state index is 0.290. The van der Waals surface area contributed by atoms with Crippen molar-refractivity contribution >= 4 is 23.1 Å². The molecule has 1 atom stereocenters. The highest BCUT2D eigenvalue weighted by atomic mass is 32.2. The first kappa shape index (κ1) is 15.6. The summed E-state index contributed by atoms with van der Waals surface area (Å²) in [6, 6.07) is 13.4. The van der Waals surface area contributed by atoms with Crippen LogP contribution >= 0.6 is 23.1 Å². The van der Waals surface area contributed by atoms with Gasteiger partial charge in [0.05, 0.1) is 0 Å². The number of nitrogens with zero attached hydrogens (tertiary/aromatic N) is 1. The molecule has 0 aliphatic rings. The van der Waals surface area contributed by atoms with Gasteiger partial charge in [-0.3, -0.25) is 4.90 Å². The van der Waals surface area contributed by atoms with E-state index in [0.717, 1.165) is 13.1 Å². The van der Waals surface area contributed by atoms with Gasteiger partial charge in [-0.25, -0.2) is 0 Å². The van der Waals surface area contributed by atoms with Crippen molar-refractivity contribution in [3.8, 4) is 0 Å². The maximum Gasteiger partial charge on any atom is 0.0474 e. The van der Waals surface area contributed by atoms with Crippen LogP contribution in [0.3, 0.4) is 0 Å². The van der Waals surface area contributed by atoms with E-state index in [4.69, 9.17) is 5.73 Å². The Morgan fingerprint density at radius 3 is 2.50 bits per heavy atom. The normalized spacial score (nSPS) is 12.8. The van der Waals surface area contributed by atoms with Crippen LogP contribution < -0.4 is 5.73 Å². The van der Waals surface area contributed by atoms with Gasteiger partial charge in [-0.2, -0.15) is 0 Å². The molecule has 1 aromatic carbocycles. The van der Waals surface area contributed by atoms with Crippen LogP contribution in [0.5, 0.6) is 0 Å². The smallest absolute Gasteiger partial charge is 0.0474 e. The SMILES string of the molecule is CCN(Cc1cccs1)C(CN)c1ccc(SC)cc1. The van der Waals surface area contributed by atoms with Gasteiger partial charge in [0.1, 0.15) is 0 Å². The van der Waals surface area contributed by atoms with Crippen molar-refractivity contribution in [1.29, 1.82) is 0 Å². The Morgan fingerprint density at radius 2 is 2.00 bits per heavy atom. The molecule has 0 amide bonds. The van der Waals surface area contributed by atoms with E-state index in [1.807, 2.05) is 11.3 Å². The molecule has 0 aliphatic carbocycles. The summed E-state index contributed by atoms with van der Waals surface area (Å²) in [5.41, 5.74) is 7.35. The molecule has 0 radical (unpaired) electrons. The molecule has 0 bridgehead atoms. The maximum atomic E-state index is 6.04. The predicted octanol–water partition coefficient (Wildman–Crippen LogP) is 3.99. The van der Waals surface area contributed by atoms with Gasteiger partial charge in [-0.05, 0) is 41.9 Å². The highest BCUT2D eigenvalue weighted by Gasteiger charge is 2.18. The van der Waals surface area contributed by atoms with E-state index in [9.17, 15) is 0 Å². The molecular formula is C16H22N2S2. The van der Waals surface area contributed by atoms with E-state index in [1.54, 1.807) is 11.8 Å². The van der Waals surface area contributed by atoms with E-state index < -0.39 is 0 Å². The van der Waals surface area contributed by atoms with Gasteiger partial charge >= 0.3 is 0 Å². The summed E-state index contributed by atoms with van der Waals surface area (Å²) < 4.78 is 0. The number of rotatable bonds is 7. The molecule has 2 nitrogen and oxygen atoms in total. The van der Waals surface area contributed by atoms with Crippen LogP contribution in [0.15, 0.2) is 46.7 Å². The summed E-state index contributed by atoms with van der Waals surface area (Å²) in [6.45, 7) is 4.83. The first-order valence-corrected chi connectivity index (χ1v) is 8.99. The lowest BCUT2D eigenvalue weighted by atomic mass is 10.1. The quantitative estimate of drug-likeness (QED) is 0.784. The second-order valence-electron chi connectivity index (χ2n) is 4.67. The topological polar surface area (TPSA) is 29.3 Å². The van der Waals surface area contributed by atoms with Gasteiger partial charge in [-0.15, -0.1) is 23.1 Å². The molecule has 0 spiro atoms. The van der Waals surface area contributed by atoms with E-state index in [0.29, 0.717) is 6.54 Å². The fourth-order valence-corrected chi connectivity index (χ4v) is 3.50. The number of hydrogen-bond donors (Lipinski definition) is 1. The molecule has 20 heavy (non-hydrogen) atoms. The molecule has 1 unspecified atom stereocenters.